The highest BCUT2D eigenvalue weighted by Gasteiger charge is 2.38. The van der Waals surface area contributed by atoms with Crippen molar-refractivity contribution in [2.45, 2.75) is 61.3 Å². The van der Waals surface area contributed by atoms with E-state index < -0.39 is 23.4 Å². The fourth-order valence-corrected chi connectivity index (χ4v) is 6.90. The summed E-state index contributed by atoms with van der Waals surface area (Å²) in [4.78, 5) is 45.7. The standard InChI is InChI=1S/C28H29ClN6O3S.C2HF3O2/c1-33-24-23(25(36)35(27(33)37)16-22-31-20-14-19(29)10-11-21(20)38-22)34(15-18-8-4-2-5-9-18)26(32-24)39-28(17-30)12-6-3-7-13-28;3-2(4,5)1(6)7/h2,4-5,8-11,14H,3,6-7,12-13,15-17,30H2,1H3;(H,6,7). The van der Waals surface area contributed by atoms with Gasteiger partial charge in [-0.2, -0.15) is 13.2 Å². The van der Waals surface area contributed by atoms with E-state index in [2.05, 4.69) is 4.98 Å². The van der Waals surface area contributed by atoms with Crippen molar-refractivity contribution in [2.24, 2.45) is 12.8 Å². The molecule has 1 saturated carbocycles. The van der Waals surface area contributed by atoms with E-state index in [1.54, 1.807) is 37.0 Å². The van der Waals surface area contributed by atoms with Gasteiger partial charge in [0.25, 0.3) is 5.56 Å². The van der Waals surface area contributed by atoms with Crippen LogP contribution in [0, 0.1) is 0 Å². The molecule has 3 N–H and O–H groups in total. The van der Waals surface area contributed by atoms with E-state index in [0.29, 0.717) is 45.5 Å². The molecule has 0 amide bonds. The van der Waals surface area contributed by atoms with Crippen LogP contribution in [-0.2, 0) is 24.9 Å². The van der Waals surface area contributed by atoms with Gasteiger partial charge in [0.1, 0.15) is 12.1 Å². The van der Waals surface area contributed by atoms with Crippen LogP contribution in [0.25, 0.3) is 22.3 Å². The molecule has 0 radical (unpaired) electrons. The summed E-state index contributed by atoms with van der Waals surface area (Å²) in [5.41, 5.74) is 8.24. The zero-order chi connectivity index (χ0) is 33.2. The van der Waals surface area contributed by atoms with Gasteiger partial charge in [-0.3, -0.25) is 9.36 Å². The van der Waals surface area contributed by atoms with E-state index in [4.69, 9.17) is 36.6 Å². The fourth-order valence-electron chi connectivity index (χ4n) is 5.37. The van der Waals surface area contributed by atoms with Crippen LogP contribution in [0.4, 0.5) is 13.2 Å². The zero-order valence-corrected chi connectivity index (χ0v) is 26.2. The lowest BCUT2D eigenvalue weighted by molar-refractivity contribution is -0.192. The van der Waals surface area contributed by atoms with Crippen molar-refractivity contribution < 1.29 is 27.5 Å². The summed E-state index contributed by atoms with van der Waals surface area (Å²) in [5, 5.41) is 8.35. The highest BCUT2D eigenvalue weighted by atomic mass is 35.5. The third kappa shape index (κ3) is 7.00. The minimum absolute atomic E-state index is 0.112. The number of aryl methyl sites for hydroxylation is 1. The molecular weight excluding hydrogens is 649 g/mol. The van der Waals surface area contributed by atoms with Gasteiger partial charge >= 0.3 is 17.8 Å². The number of benzene rings is 2. The molecule has 5 aromatic rings. The lowest BCUT2D eigenvalue weighted by atomic mass is 9.88. The normalized spacial score (nSPS) is 14.7. The van der Waals surface area contributed by atoms with Gasteiger partial charge in [-0.05, 0) is 36.6 Å². The minimum Gasteiger partial charge on any atom is -0.475 e. The van der Waals surface area contributed by atoms with Gasteiger partial charge in [-0.15, -0.1) is 0 Å². The summed E-state index contributed by atoms with van der Waals surface area (Å²) in [5.74, 6) is -2.51. The second kappa shape index (κ2) is 13.3. The molecule has 0 atom stereocenters. The molecule has 16 heteroatoms. The summed E-state index contributed by atoms with van der Waals surface area (Å²) in [6, 6.07) is 15.0. The second-order valence-corrected chi connectivity index (χ2v) is 12.8. The van der Waals surface area contributed by atoms with Gasteiger partial charge in [-0.1, -0.05) is 73.0 Å². The van der Waals surface area contributed by atoms with Gasteiger partial charge in [0.05, 0.1) is 6.54 Å². The van der Waals surface area contributed by atoms with Crippen molar-refractivity contribution in [3.05, 3.63) is 85.8 Å². The number of nitrogens with zero attached hydrogens (tertiary/aromatic N) is 5. The summed E-state index contributed by atoms with van der Waals surface area (Å²) >= 11 is 7.73. The topological polar surface area (TPSA) is 151 Å². The summed E-state index contributed by atoms with van der Waals surface area (Å²) in [6.07, 6.45) is 0.333. The molecule has 3 heterocycles. The van der Waals surface area contributed by atoms with Crippen molar-refractivity contribution >= 4 is 51.6 Å². The number of aromatic nitrogens is 5. The van der Waals surface area contributed by atoms with Crippen LogP contribution in [0.3, 0.4) is 0 Å². The van der Waals surface area contributed by atoms with Crippen molar-refractivity contribution in [1.29, 1.82) is 0 Å². The largest absolute Gasteiger partial charge is 0.490 e. The second-order valence-electron chi connectivity index (χ2n) is 10.9. The van der Waals surface area contributed by atoms with Crippen LogP contribution >= 0.6 is 23.4 Å². The summed E-state index contributed by atoms with van der Waals surface area (Å²) in [7, 11) is 1.64. The number of carboxylic acids is 1. The Morgan fingerprint density at radius 1 is 1.07 bits per heavy atom. The van der Waals surface area contributed by atoms with Crippen molar-refractivity contribution in [3.63, 3.8) is 0 Å². The average Bonchev–Trinajstić information content (AvgIpc) is 3.59. The van der Waals surface area contributed by atoms with E-state index in [9.17, 15) is 22.8 Å². The van der Waals surface area contributed by atoms with Gasteiger partial charge in [-0.25, -0.2) is 24.1 Å². The van der Waals surface area contributed by atoms with E-state index in [1.165, 1.54) is 11.0 Å². The third-order valence-corrected chi connectivity index (χ3v) is 9.49. The van der Waals surface area contributed by atoms with Crippen LogP contribution in [0.5, 0.6) is 0 Å². The Morgan fingerprint density at radius 3 is 2.37 bits per heavy atom. The lowest BCUT2D eigenvalue weighted by Gasteiger charge is -2.35. The molecule has 1 fully saturated rings. The number of aliphatic carboxylic acids is 1. The first-order chi connectivity index (χ1) is 21.8. The number of carboxylic acid groups (broad SMARTS) is 1. The number of hydrogen-bond acceptors (Lipinski definition) is 8. The van der Waals surface area contributed by atoms with E-state index in [0.717, 1.165) is 35.8 Å². The van der Waals surface area contributed by atoms with Crippen LogP contribution in [-0.4, -0.2) is 52.2 Å². The first-order valence-corrected chi connectivity index (χ1v) is 15.5. The monoisotopic (exact) mass is 678 g/mol. The number of rotatable bonds is 7. The Bertz CT molecular complexity index is 2000. The number of alkyl halides is 3. The maximum Gasteiger partial charge on any atom is 0.490 e. The maximum absolute atomic E-state index is 14.0. The predicted octanol–water partition coefficient (Wildman–Crippen LogP) is 5.17. The first kappa shape index (κ1) is 33.3. The number of hydrogen-bond donors (Lipinski definition) is 2. The van der Waals surface area contributed by atoms with Crippen LogP contribution < -0.4 is 17.0 Å². The molecule has 2 aromatic carbocycles. The number of imidazole rings is 1. The molecule has 11 nitrogen and oxygen atoms in total. The van der Waals surface area contributed by atoms with Gasteiger partial charge in [0.15, 0.2) is 21.9 Å². The smallest absolute Gasteiger partial charge is 0.475 e. The molecular formula is C30H30ClF3N6O5S. The highest BCUT2D eigenvalue weighted by Crippen LogP contribution is 2.43. The molecule has 0 spiro atoms. The molecule has 0 unspecified atom stereocenters. The molecule has 0 aliphatic heterocycles. The predicted molar refractivity (Wildman–Crippen MR) is 167 cm³/mol. The highest BCUT2D eigenvalue weighted by molar-refractivity contribution is 8.00. The third-order valence-electron chi connectivity index (χ3n) is 7.76. The van der Waals surface area contributed by atoms with E-state index in [-0.39, 0.29) is 17.2 Å². The molecule has 0 bridgehead atoms. The fraction of sp³-hybridized carbons (Fsp3) is 0.367. The first-order valence-electron chi connectivity index (χ1n) is 14.3. The number of carbonyl (C=O) groups is 1. The van der Waals surface area contributed by atoms with Crippen molar-refractivity contribution in [3.8, 4) is 0 Å². The Labute approximate surface area is 268 Å². The molecule has 0 saturated heterocycles. The van der Waals surface area contributed by atoms with Gasteiger partial charge in [0, 0.05) is 23.4 Å². The number of fused-ring (bicyclic) bond motifs is 2. The quantitative estimate of drug-likeness (QED) is 0.237. The SMILES string of the molecule is Cn1c(=O)n(Cc2nc3cc(Cl)ccc3o2)c(=O)c2c1nc(SC1(CN)CCCCC1)n2Cc1ccccc1.O=C(O)C(F)(F)F. The number of thioether (sulfide) groups is 1. The maximum atomic E-state index is 14.0. The Hall–Kier alpha value is -4.08. The molecule has 6 rings (SSSR count). The number of oxazole rings is 1. The molecule has 1 aliphatic rings. The molecule has 1 aliphatic carbocycles. The summed E-state index contributed by atoms with van der Waals surface area (Å²) in [6.45, 7) is 0.853. The Morgan fingerprint density at radius 2 is 1.74 bits per heavy atom. The van der Waals surface area contributed by atoms with E-state index >= 15 is 0 Å². The Kier molecular flexibility index (Phi) is 9.65. The van der Waals surface area contributed by atoms with Gasteiger partial charge in [0.2, 0.25) is 5.89 Å². The number of nitrogens with two attached hydrogens (primary N) is 1. The average molecular weight is 679 g/mol. The van der Waals surface area contributed by atoms with E-state index in [1.807, 2.05) is 34.9 Å². The number of halogens is 4. The van der Waals surface area contributed by atoms with Crippen LogP contribution in [0.1, 0.15) is 43.6 Å². The van der Waals surface area contributed by atoms with Crippen LogP contribution in [0.2, 0.25) is 5.02 Å². The lowest BCUT2D eigenvalue weighted by Crippen LogP contribution is -2.40. The summed E-state index contributed by atoms with van der Waals surface area (Å²) < 4.78 is 41.9. The molecule has 3 aromatic heterocycles. The van der Waals surface area contributed by atoms with Crippen molar-refractivity contribution in [2.75, 3.05) is 6.54 Å². The zero-order valence-electron chi connectivity index (χ0n) is 24.6. The van der Waals surface area contributed by atoms with Gasteiger partial charge < -0.3 is 19.8 Å². The molecule has 46 heavy (non-hydrogen) atoms. The van der Waals surface area contributed by atoms with Crippen molar-refractivity contribution in [1.82, 2.24) is 23.7 Å². The Balaban J connectivity index is 0.000000537. The minimum atomic E-state index is -5.08. The molecule has 244 valence electrons. The van der Waals surface area contributed by atoms with Crippen LogP contribution in [0.15, 0.2) is 67.7 Å².